The van der Waals surface area contributed by atoms with Crippen LogP contribution in [0.25, 0.3) is 11.3 Å². The van der Waals surface area contributed by atoms with Crippen molar-refractivity contribution in [1.82, 2.24) is 9.88 Å². The number of hydrogen-bond donors (Lipinski definition) is 1. The monoisotopic (exact) mass is 318 g/mol. The van der Waals surface area contributed by atoms with E-state index >= 15 is 0 Å². The summed E-state index contributed by atoms with van der Waals surface area (Å²) in [5.41, 5.74) is 0.689. The average Bonchev–Trinajstić information content (AvgIpc) is 2.98. The van der Waals surface area contributed by atoms with E-state index in [1.807, 2.05) is 7.05 Å². The Bertz CT molecular complexity index is 643. The molecular formula is C18H23FN2O2. The molecule has 1 aliphatic carbocycles. The molecule has 0 bridgehead atoms. The van der Waals surface area contributed by atoms with E-state index in [1.54, 1.807) is 18.3 Å². The molecule has 3 rings (SSSR count). The number of aromatic nitrogens is 1. The van der Waals surface area contributed by atoms with Crippen LogP contribution in [0.4, 0.5) is 4.39 Å². The van der Waals surface area contributed by atoms with Gasteiger partial charge in [-0.1, -0.05) is 25.0 Å². The number of aliphatic hydroxyl groups excluding tert-OH is 1. The molecule has 1 aromatic carbocycles. The standard InChI is InChI=1S/C18H23FN2O2/c1-21(11-14-5-2-3-8-16(14)22)12-18-20-10-17(23-18)13-6-4-7-15(19)9-13/h4,6-7,9-10,14,16,22H,2-3,5,8,11-12H2,1H3. The lowest BCUT2D eigenvalue weighted by molar-refractivity contribution is 0.0488. The van der Waals surface area contributed by atoms with Gasteiger partial charge in [0.15, 0.2) is 5.76 Å². The van der Waals surface area contributed by atoms with Gasteiger partial charge in [-0.2, -0.15) is 0 Å². The molecule has 1 saturated carbocycles. The first-order valence-corrected chi connectivity index (χ1v) is 8.19. The highest BCUT2D eigenvalue weighted by Gasteiger charge is 2.24. The molecule has 23 heavy (non-hydrogen) atoms. The third kappa shape index (κ3) is 4.18. The molecular weight excluding hydrogens is 295 g/mol. The smallest absolute Gasteiger partial charge is 0.209 e. The molecule has 1 heterocycles. The first kappa shape index (κ1) is 16.1. The Hall–Kier alpha value is -1.72. The maximum Gasteiger partial charge on any atom is 0.209 e. The van der Waals surface area contributed by atoms with Crippen molar-refractivity contribution >= 4 is 0 Å². The van der Waals surface area contributed by atoms with Crippen LogP contribution in [0.2, 0.25) is 0 Å². The number of nitrogens with zero attached hydrogens (tertiary/aromatic N) is 2. The van der Waals surface area contributed by atoms with E-state index in [9.17, 15) is 9.50 Å². The van der Waals surface area contributed by atoms with Gasteiger partial charge in [-0.25, -0.2) is 9.37 Å². The SMILES string of the molecule is CN(Cc1ncc(-c2cccc(F)c2)o1)CC1CCCCC1O. The van der Waals surface area contributed by atoms with E-state index in [2.05, 4.69) is 9.88 Å². The molecule has 1 aliphatic rings. The second kappa shape index (κ2) is 7.23. The Kier molecular flexibility index (Phi) is 5.08. The molecule has 124 valence electrons. The van der Waals surface area contributed by atoms with Crippen LogP contribution in [0.3, 0.4) is 0 Å². The first-order chi connectivity index (χ1) is 11.1. The van der Waals surface area contributed by atoms with Gasteiger partial charge in [0.2, 0.25) is 5.89 Å². The van der Waals surface area contributed by atoms with Crippen molar-refractivity contribution in [2.24, 2.45) is 5.92 Å². The Morgan fingerprint density at radius 1 is 1.35 bits per heavy atom. The lowest BCUT2D eigenvalue weighted by atomic mass is 9.86. The molecule has 5 heteroatoms. The van der Waals surface area contributed by atoms with Gasteiger partial charge in [0, 0.05) is 12.1 Å². The molecule has 0 saturated heterocycles. The summed E-state index contributed by atoms with van der Waals surface area (Å²) in [7, 11) is 2.01. The zero-order chi connectivity index (χ0) is 16.2. The van der Waals surface area contributed by atoms with E-state index in [0.29, 0.717) is 29.7 Å². The highest BCUT2D eigenvalue weighted by molar-refractivity contribution is 5.56. The molecule has 0 amide bonds. The topological polar surface area (TPSA) is 49.5 Å². The van der Waals surface area contributed by atoms with Crippen molar-refractivity contribution in [2.75, 3.05) is 13.6 Å². The molecule has 2 unspecified atom stereocenters. The van der Waals surface area contributed by atoms with E-state index in [1.165, 1.54) is 18.6 Å². The lowest BCUT2D eigenvalue weighted by Crippen LogP contribution is -2.34. The van der Waals surface area contributed by atoms with Gasteiger partial charge < -0.3 is 9.52 Å². The van der Waals surface area contributed by atoms with Crippen LogP contribution >= 0.6 is 0 Å². The largest absolute Gasteiger partial charge is 0.439 e. The van der Waals surface area contributed by atoms with Crippen LogP contribution in [-0.2, 0) is 6.54 Å². The maximum absolute atomic E-state index is 13.3. The van der Waals surface area contributed by atoms with Crippen molar-refractivity contribution in [2.45, 2.75) is 38.3 Å². The third-order valence-corrected chi connectivity index (χ3v) is 4.48. The second-order valence-electron chi connectivity index (χ2n) is 6.44. The number of halogens is 1. The molecule has 0 spiro atoms. The zero-order valence-corrected chi connectivity index (χ0v) is 13.4. The Balaban J connectivity index is 1.60. The minimum absolute atomic E-state index is 0.196. The molecule has 4 nitrogen and oxygen atoms in total. The van der Waals surface area contributed by atoms with Crippen LogP contribution in [0.5, 0.6) is 0 Å². The summed E-state index contributed by atoms with van der Waals surface area (Å²) >= 11 is 0. The normalized spacial score (nSPS) is 21.7. The zero-order valence-electron chi connectivity index (χ0n) is 13.4. The Labute approximate surface area is 136 Å². The molecule has 2 atom stereocenters. The second-order valence-corrected chi connectivity index (χ2v) is 6.44. The summed E-state index contributed by atoms with van der Waals surface area (Å²) in [6, 6.07) is 6.30. The molecule has 1 N–H and O–H groups in total. The third-order valence-electron chi connectivity index (χ3n) is 4.48. The van der Waals surface area contributed by atoms with Crippen LogP contribution in [0.15, 0.2) is 34.9 Å². The predicted molar refractivity (Wildman–Crippen MR) is 86.2 cm³/mol. The van der Waals surface area contributed by atoms with E-state index in [-0.39, 0.29) is 11.9 Å². The van der Waals surface area contributed by atoms with Crippen molar-refractivity contribution in [3.05, 3.63) is 42.2 Å². The number of hydrogen-bond acceptors (Lipinski definition) is 4. The van der Waals surface area contributed by atoms with Crippen LogP contribution in [0, 0.1) is 11.7 Å². The van der Waals surface area contributed by atoms with Gasteiger partial charge >= 0.3 is 0 Å². The van der Waals surface area contributed by atoms with Gasteiger partial charge in [-0.3, -0.25) is 4.90 Å². The average molecular weight is 318 g/mol. The lowest BCUT2D eigenvalue weighted by Gasteiger charge is -2.30. The number of aliphatic hydroxyl groups is 1. The van der Waals surface area contributed by atoms with Gasteiger partial charge in [0.1, 0.15) is 5.82 Å². The highest BCUT2D eigenvalue weighted by Crippen LogP contribution is 2.26. The van der Waals surface area contributed by atoms with Gasteiger partial charge in [-0.05, 0) is 37.9 Å². The first-order valence-electron chi connectivity index (χ1n) is 8.19. The number of oxazole rings is 1. The van der Waals surface area contributed by atoms with Crippen LogP contribution in [-0.4, -0.2) is 34.7 Å². The Morgan fingerprint density at radius 2 is 2.17 bits per heavy atom. The predicted octanol–water partition coefficient (Wildman–Crippen LogP) is 3.46. The molecule has 0 radical (unpaired) electrons. The van der Waals surface area contributed by atoms with Crippen molar-refractivity contribution in [3.63, 3.8) is 0 Å². The molecule has 1 aromatic heterocycles. The quantitative estimate of drug-likeness (QED) is 0.917. The molecule has 1 fully saturated rings. The van der Waals surface area contributed by atoms with Gasteiger partial charge in [0.25, 0.3) is 0 Å². The van der Waals surface area contributed by atoms with Crippen LogP contribution < -0.4 is 0 Å². The van der Waals surface area contributed by atoms with Crippen molar-refractivity contribution in [3.8, 4) is 11.3 Å². The summed E-state index contributed by atoms with van der Waals surface area (Å²) in [5, 5.41) is 10.1. The number of rotatable bonds is 5. The van der Waals surface area contributed by atoms with E-state index in [4.69, 9.17) is 4.42 Å². The van der Waals surface area contributed by atoms with Crippen molar-refractivity contribution in [1.29, 1.82) is 0 Å². The summed E-state index contributed by atoms with van der Waals surface area (Å²) in [6.45, 7) is 1.41. The van der Waals surface area contributed by atoms with Crippen LogP contribution in [0.1, 0.15) is 31.6 Å². The number of benzene rings is 1. The highest BCUT2D eigenvalue weighted by atomic mass is 19.1. The summed E-state index contributed by atoms with van der Waals surface area (Å²) < 4.78 is 19.0. The fourth-order valence-electron chi connectivity index (χ4n) is 3.26. The summed E-state index contributed by atoms with van der Waals surface area (Å²) in [4.78, 5) is 6.41. The fraction of sp³-hybridized carbons (Fsp3) is 0.500. The van der Waals surface area contributed by atoms with E-state index in [0.717, 1.165) is 25.8 Å². The van der Waals surface area contributed by atoms with Gasteiger partial charge in [0.05, 0.1) is 18.8 Å². The Morgan fingerprint density at radius 3 is 2.96 bits per heavy atom. The van der Waals surface area contributed by atoms with Gasteiger partial charge in [-0.15, -0.1) is 0 Å². The molecule has 2 aromatic rings. The van der Waals surface area contributed by atoms with E-state index < -0.39 is 0 Å². The summed E-state index contributed by atoms with van der Waals surface area (Å²) in [5.74, 6) is 1.22. The summed E-state index contributed by atoms with van der Waals surface area (Å²) in [6.07, 6.45) is 5.73. The maximum atomic E-state index is 13.3. The minimum atomic E-state index is -0.288. The molecule has 0 aliphatic heterocycles. The fourth-order valence-corrected chi connectivity index (χ4v) is 3.26. The minimum Gasteiger partial charge on any atom is -0.439 e. The van der Waals surface area contributed by atoms with Crippen molar-refractivity contribution < 1.29 is 13.9 Å².